The van der Waals surface area contributed by atoms with Crippen LogP contribution in [0, 0.1) is 6.92 Å². The number of benzene rings is 1. The largest absolute Gasteiger partial charge is 0.302 e. The standard InChI is InChI=1S/C20H19N7OS2/c1-3-27-17(15-5-4-10-21-11-15)23-26-20(27)29-12-16(28)22-19-25-24-18(30-19)14-8-6-13(2)7-9-14/h4-11H,3,12H2,1-2H3,(H,22,25,28). The van der Waals surface area contributed by atoms with Crippen LogP contribution >= 0.6 is 23.1 Å². The van der Waals surface area contributed by atoms with Gasteiger partial charge in [-0.05, 0) is 26.0 Å². The topological polar surface area (TPSA) is 98.5 Å². The number of aromatic nitrogens is 6. The van der Waals surface area contributed by atoms with Gasteiger partial charge in [0.15, 0.2) is 11.0 Å². The van der Waals surface area contributed by atoms with E-state index in [2.05, 4.69) is 30.7 Å². The number of amides is 1. The summed E-state index contributed by atoms with van der Waals surface area (Å²) in [6.07, 6.45) is 3.46. The van der Waals surface area contributed by atoms with Crippen LogP contribution in [-0.2, 0) is 11.3 Å². The fourth-order valence-electron chi connectivity index (χ4n) is 2.76. The molecule has 0 spiro atoms. The van der Waals surface area contributed by atoms with Gasteiger partial charge in [0.2, 0.25) is 11.0 Å². The lowest BCUT2D eigenvalue weighted by molar-refractivity contribution is -0.113. The Balaban J connectivity index is 1.39. The summed E-state index contributed by atoms with van der Waals surface area (Å²) in [5.41, 5.74) is 3.05. The highest BCUT2D eigenvalue weighted by atomic mass is 32.2. The maximum absolute atomic E-state index is 12.4. The van der Waals surface area contributed by atoms with Gasteiger partial charge in [0.05, 0.1) is 5.75 Å². The first kappa shape index (κ1) is 20.2. The van der Waals surface area contributed by atoms with E-state index in [9.17, 15) is 4.79 Å². The Labute approximate surface area is 181 Å². The zero-order chi connectivity index (χ0) is 20.9. The van der Waals surface area contributed by atoms with Crippen molar-refractivity contribution in [3.63, 3.8) is 0 Å². The second-order valence-electron chi connectivity index (χ2n) is 6.41. The summed E-state index contributed by atoms with van der Waals surface area (Å²) in [5, 5.41) is 21.5. The van der Waals surface area contributed by atoms with Crippen molar-refractivity contribution in [1.82, 2.24) is 29.9 Å². The Hall–Kier alpha value is -3.11. The molecule has 0 radical (unpaired) electrons. The number of anilines is 1. The smallest absolute Gasteiger partial charge is 0.236 e. The average molecular weight is 438 g/mol. The highest BCUT2D eigenvalue weighted by molar-refractivity contribution is 7.99. The van der Waals surface area contributed by atoms with Gasteiger partial charge in [-0.25, -0.2) is 0 Å². The van der Waals surface area contributed by atoms with E-state index in [1.807, 2.05) is 54.8 Å². The predicted molar refractivity (Wildman–Crippen MR) is 118 cm³/mol. The molecule has 0 aliphatic carbocycles. The van der Waals surface area contributed by atoms with E-state index in [0.717, 1.165) is 22.0 Å². The van der Waals surface area contributed by atoms with Crippen molar-refractivity contribution in [2.24, 2.45) is 0 Å². The Bertz CT molecular complexity index is 1140. The first-order valence-electron chi connectivity index (χ1n) is 9.31. The molecule has 3 aromatic heterocycles. The summed E-state index contributed by atoms with van der Waals surface area (Å²) in [7, 11) is 0. The van der Waals surface area contributed by atoms with Crippen LogP contribution in [0.3, 0.4) is 0 Å². The quantitative estimate of drug-likeness (QED) is 0.438. The van der Waals surface area contributed by atoms with E-state index in [4.69, 9.17) is 0 Å². The fourth-order valence-corrected chi connectivity index (χ4v) is 4.33. The van der Waals surface area contributed by atoms with Gasteiger partial charge in [-0.2, -0.15) is 0 Å². The molecule has 0 unspecified atom stereocenters. The van der Waals surface area contributed by atoms with Gasteiger partial charge < -0.3 is 4.57 Å². The van der Waals surface area contributed by atoms with Gasteiger partial charge in [0, 0.05) is 30.1 Å². The third-order valence-electron chi connectivity index (χ3n) is 4.26. The van der Waals surface area contributed by atoms with Crippen molar-refractivity contribution in [3.05, 3.63) is 54.4 Å². The number of nitrogens with one attached hydrogen (secondary N) is 1. The molecule has 0 saturated carbocycles. The molecule has 152 valence electrons. The molecule has 4 rings (SSSR count). The number of carbonyl (C=O) groups is 1. The molecule has 0 saturated heterocycles. The molecule has 0 aliphatic heterocycles. The summed E-state index contributed by atoms with van der Waals surface area (Å²) in [4.78, 5) is 16.5. The van der Waals surface area contributed by atoms with E-state index in [-0.39, 0.29) is 11.7 Å². The van der Waals surface area contributed by atoms with Crippen molar-refractivity contribution >= 4 is 34.1 Å². The minimum atomic E-state index is -0.166. The van der Waals surface area contributed by atoms with Crippen molar-refractivity contribution in [1.29, 1.82) is 0 Å². The number of aryl methyl sites for hydroxylation is 1. The number of rotatable bonds is 7. The summed E-state index contributed by atoms with van der Waals surface area (Å²) in [5.74, 6) is 0.769. The normalized spacial score (nSPS) is 10.9. The monoisotopic (exact) mass is 437 g/mol. The van der Waals surface area contributed by atoms with Crippen LogP contribution in [0.5, 0.6) is 0 Å². The third kappa shape index (κ3) is 4.55. The Morgan fingerprint density at radius 1 is 1.10 bits per heavy atom. The predicted octanol–water partition coefficient (Wildman–Crippen LogP) is 3.92. The maximum Gasteiger partial charge on any atom is 0.236 e. The van der Waals surface area contributed by atoms with Crippen molar-refractivity contribution in [2.75, 3.05) is 11.1 Å². The van der Waals surface area contributed by atoms with Gasteiger partial charge in [-0.3, -0.25) is 15.1 Å². The van der Waals surface area contributed by atoms with E-state index >= 15 is 0 Å². The number of carbonyl (C=O) groups excluding carboxylic acids is 1. The number of nitrogens with zero attached hydrogens (tertiary/aromatic N) is 6. The molecule has 0 bridgehead atoms. The summed E-state index contributed by atoms with van der Waals surface area (Å²) in [6.45, 7) is 4.74. The van der Waals surface area contributed by atoms with Crippen molar-refractivity contribution < 1.29 is 4.79 Å². The van der Waals surface area contributed by atoms with E-state index in [1.165, 1.54) is 28.7 Å². The molecule has 3 heterocycles. The lowest BCUT2D eigenvalue weighted by atomic mass is 10.2. The molecular weight excluding hydrogens is 418 g/mol. The van der Waals surface area contributed by atoms with Gasteiger partial charge in [-0.15, -0.1) is 20.4 Å². The highest BCUT2D eigenvalue weighted by Crippen LogP contribution is 2.27. The molecule has 0 atom stereocenters. The van der Waals surface area contributed by atoms with Crippen LogP contribution < -0.4 is 5.32 Å². The third-order valence-corrected chi connectivity index (χ3v) is 6.11. The summed E-state index contributed by atoms with van der Waals surface area (Å²) >= 11 is 2.68. The Morgan fingerprint density at radius 3 is 2.67 bits per heavy atom. The van der Waals surface area contributed by atoms with Crippen molar-refractivity contribution in [2.45, 2.75) is 25.5 Å². The van der Waals surface area contributed by atoms with Gasteiger partial charge in [0.1, 0.15) is 5.01 Å². The van der Waals surface area contributed by atoms with Gasteiger partial charge >= 0.3 is 0 Å². The average Bonchev–Trinajstić information content (AvgIpc) is 3.40. The lowest BCUT2D eigenvalue weighted by Gasteiger charge is -2.06. The Kier molecular flexibility index (Phi) is 6.15. The van der Waals surface area contributed by atoms with Crippen LogP contribution in [0.15, 0.2) is 53.9 Å². The van der Waals surface area contributed by atoms with Crippen LogP contribution in [0.4, 0.5) is 5.13 Å². The molecule has 8 nitrogen and oxygen atoms in total. The lowest BCUT2D eigenvalue weighted by Crippen LogP contribution is -2.14. The molecule has 1 amide bonds. The van der Waals surface area contributed by atoms with Crippen LogP contribution in [-0.4, -0.2) is 41.6 Å². The minimum Gasteiger partial charge on any atom is -0.302 e. The maximum atomic E-state index is 12.4. The first-order valence-corrected chi connectivity index (χ1v) is 11.1. The van der Waals surface area contributed by atoms with Crippen LogP contribution in [0.25, 0.3) is 22.0 Å². The van der Waals surface area contributed by atoms with E-state index in [1.54, 1.807) is 12.4 Å². The van der Waals surface area contributed by atoms with Crippen molar-refractivity contribution in [3.8, 4) is 22.0 Å². The highest BCUT2D eigenvalue weighted by Gasteiger charge is 2.16. The van der Waals surface area contributed by atoms with Gasteiger partial charge in [0.25, 0.3) is 0 Å². The second kappa shape index (κ2) is 9.14. The van der Waals surface area contributed by atoms with Crippen LogP contribution in [0.2, 0.25) is 0 Å². The zero-order valence-corrected chi connectivity index (χ0v) is 18.1. The van der Waals surface area contributed by atoms with Crippen LogP contribution in [0.1, 0.15) is 12.5 Å². The SMILES string of the molecule is CCn1c(SCC(=O)Nc2nnc(-c3ccc(C)cc3)s2)nnc1-c1cccnc1. The molecule has 4 aromatic rings. The number of hydrogen-bond donors (Lipinski definition) is 1. The summed E-state index contributed by atoms with van der Waals surface area (Å²) in [6, 6.07) is 11.8. The fraction of sp³-hybridized carbons (Fsp3) is 0.200. The molecule has 30 heavy (non-hydrogen) atoms. The van der Waals surface area contributed by atoms with E-state index < -0.39 is 0 Å². The number of pyridine rings is 1. The molecule has 10 heteroatoms. The molecule has 0 aliphatic rings. The van der Waals surface area contributed by atoms with E-state index in [0.29, 0.717) is 16.8 Å². The summed E-state index contributed by atoms with van der Waals surface area (Å²) < 4.78 is 1.97. The molecule has 1 aromatic carbocycles. The molecular formula is C20H19N7OS2. The molecule has 0 fully saturated rings. The minimum absolute atomic E-state index is 0.166. The molecule has 1 N–H and O–H groups in total. The first-order chi connectivity index (χ1) is 14.6. The number of thioether (sulfide) groups is 1. The Morgan fingerprint density at radius 2 is 1.93 bits per heavy atom. The number of hydrogen-bond acceptors (Lipinski definition) is 8. The van der Waals surface area contributed by atoms with Gasteiger partial charge in [-0.1, -0.05) is 52.9 Å². The second-order valence-corrected chi connectivity index (χ2v) is 8.33. The zero-order valence-electron chi connectivity index (χ0n) is 16.4.